The number of H-pyrrole nitrogens is 1. The molecule has 8 N–H and O–H groups in total. The van der Waals surface area contributed by atoms with Crippen molar-refractivity contribution >= 4 is 53.1 Å². The van der Waals surface area contributed by atoms with E-state index in [9.17, 15) is 33.6 Å². The summed E-state index contributed by atoms with van der Waals surface area (Å²) >= 11 is 0. The van der Waals surface area contributed by atoms with Crippen LogP contribution in [0, 0.1) is 18.8 Å². The van der Waals surface area contributed by atoms with Crippen molar-refractivity contribution < 1.29 is 43.0 Å². The number of rotatable bonds is 17. The lowest BCUT2D eigenvalue weighted by Crippen LogP contribution is -2.48. The molecule has 20 nitrogen and oxygen atoms in total. The summed E-state index contributed by atoms with van der Waals surface area (Å²) in [6, 6.07) is 18.7. The molecule has 7 amide bonds. The Morgan fingerprint density at radius 3 is 2.00 bits per heavy atom. The largest absolute Gasteiger partial charge is 0.444 e. The Bertz CT molecular complexity index is 2370. The molecule has 3 aromatic carbocycles. The molecule has 1 atom stereocenters. The van der Waals surface area contributed by atoms with Gasteiger partial charge in [0.05, 0.1) is 6.54 Å². The fourth-order valence-electron chi connectivity index (χ4n) is 7.36. The van der Waals surface area contributed by atoms with Crippen LogP contribution < -0.4 is 37.2 Å². The van der Waals surface area contributed by atoms with Gasteiger partial charge >= 0.3 is 12.2 Å². The number of nitrogens with zero attached hydrogens (tertiary/aromatic N) is 4. The molecule has 1 saturated carbocycles. The van der Waals surface area contributed by atoms with E-state index in [2.05, 4.69) is 47.2 Å². The molecule has 67 heavy (non-hydrogen) atoms. The Hall–Kier alpha value is -7.38. The van der Waals surface area contributed by atoms with Crippen molar-refractivity contribution in [1.29, 1.82) is 0 Å². The van der Waals surface area contributed by atoms with Crippen molar-refractivity contribution in [2.24, 2.45) is 17.6 Å². The average molecular weight is 924 g/mol. The Balaban J connectivity index is 1.24. The molecule has 5 rings (SSSR count). The van der Waals surface area contributed by atoms with Crippen LogP contribution in [0.1, 0.15) is 78.4 Å². The van der Waals surface area contributed by atoms with Crippen LogP contribution >= 0.6 is 0 Å². The van der Waals surface area contributed by atoms with Crippen molar-refractivity contribution in [1.82, 2.24) is 41.9 Å². The van der Waals surface area contributed by atoms with Crippen LogP contribution in [-0.2, 0) is 39.9 Å². The van der Waals surface area contributed by atoms with E-state index >= 15 is 0 Å². The van der Waals surface area contributed by atoms with Gasteiger partial charge in [0.15, 0.2) is 0 Å². The molecule has 1 fully saturated rings. The Morgan fingerprint density at radius 2 is 1.42 bits per heavy atom. The summed E-state index contributed by atoms with van der Waals surface area (Å²) in [5.41, 5.74) is 8.93. The molecule has 0 aliphatic heterocycles. The molecule has 1 heterocycles. The molecule has 1 aliphatic rings. The van der Waals surface area contributed by atoms with Gasteiger partial charge in [-0.1, -0.05) is 30.3 Å². The predicted molar refractivity (Wildman–Crippen MR) is 249 cm³/mol. The van der Waals surface area contributed by atoms with Gasteiger partial charge < -0.3 is 46.7 Å². The number of hydrogen-bond acceptors (Lipinski definition) is 12. The lowest BCUT2D eigenvalue weighted by Gasteiger charge is -2.29. The number of amides is 7. The van der Waals surface area contributed by atoms with Crippen molar-refractivity contribution in [3.05, 3.63) is 77.9 Å². The lowest BCUT2D eigenvalue weighted by molar-refractivity contribution is -0.130. The number of aryl methyl sites for hydroxylation is 1. The van der Waals surface area contributed by atoms with Crippen molar-refractivity contribution in [3.8, 4) is 22.5 Å². The molecule has 20 heteroatoms. The second-order valence-electron chi connectivity index (χ2n) is 18.4. The summed E-state index contributed by atoms with van der Waals surface area (Å²) in [5, 5.41) is 27.5. The molecule has 358 valence electrons. The third-order valence-electron chi connectivity index (χ3n) is 10.6. The fraction of sp³-hybridized carbons (Fsp3) is 0.447. The minimum atomic E-state index is -0.928. The summed E-state index contributed by atoms with van der Waals surface area (Å²) in [6.07, 6.45) is 1.59. The van der Waals surface area contributed by atoms with E-state index in [0.717, 1.165) is 35.1 Å². The average Bonchev–Trinajstić information content (AvgIpc) is 3.81. The third kappa shape index (κ3) is 16.2. The van der Waals surface area contributed by atoms with Crippen molar-refractivity contribution in [2.45, 2.75) is 97.8 Å². The van der Waals surface area contributed by atoms with Crippen molar-refractivity contribution in [2.75, 3.05) is 36.4 Å². The van der Waals surface area contributed by atoms with Gasteiger partial charge in [-0.15, -0.1) is 10.2 Å². The highest BCUT2D eigenvalue weighted by Gasteiger charge is 2.31. The summed E-state index contributed by atoms with van der Waals surface area (Å²) in [7, 11) is 0. The Kier molecular flexibility index (Phi) is 17.1. The second kappa shape index (κ2) is 22.7. The van der Waals surface area contributed by atoms with E-state index < -0.39 is 72.7 Å². The van der Waals surface area contributed by atoms with E-state index in [0.29, 0.717) is 42.1 Å². The number of aromatic amines is 1. The van der Waals surface area contributed by atoms with Crippen LogP contribution in [0.4, 0.5) is 21.0 Å². The van der Waals surface area contributed by atoms with Crippen LogP contribution in [0.15, 0.2) is 66.7 Å². The van der Waals surface area contributed by atoms with Gasteiger partial charge in [-0.2, -0.15) is 5.21 Å². The van der Waals surface area contributed by atoms with Crippen molar-refractivity contribution in [3.63, 3.8) is 0 Å². The number of carbonyl (C=O) groups is 7. The highest BCUT2D eigenvalue weighted by Crippen LogP contribution is 2.30. The van der Waals surface area contributed by atoms with E-state index in [4.69, 9.17) is 15.2 Å². The zero-order chi connectivity index (χ0) is 48.9. The molecule has 1 aliphatic carbocycles. The van der Waals surface area contributed by atoms with E-state index in [-0.39, 0.29) is 24.2 Å². The molecule has 1 aromatic heterocycles. The number of alkyl carbamates (subject to hydrolysis) is 2. The van der Waals surface area contributed by atoms with E-state index in [1.165, 1.54) is 4.90 Å². The standard InChI is InChI=1S/C47H61N11O9/c1-28-22-35(58(27-38(48)59)40(61)26-49-39(60)25-51-45(65)67-47(5,6)7)20-21-36(28)31-12-8-29(9-13-31)23-37(43(63)52-34-18-16-32(17-19-34)41-54-56-57-55-41)53-42(62)33-14-10-30(11-15-33)24-50-44(64)66-46(2,3)4/h8-9,12-13,16-22,30,33,37H,10-11,14-15,23-27H2,1-7H3,(H2,48,59)(H,49,60)(H,50,64)(H,51,65)(H,52,63)(H,53,62)(H,54,55,56,57)/t30-,33-,37-/m0/s1. The second-order valence-corrected chi connectivity index (χ2v) is 18.4. The maximum absolute atomic E-state index is 13.9. The van der Waals surface area contributed by atoms with Gasteiger partial charge in [-0.05, 0) is 144 Å². The lowest BCUT2D eigenvalue weighted by atomic mass is 9.81. The number of nitrogens with two attached hydrogens (primary N) is 1. The first-order valence-electron chi connectivity index (χ1n) is 22.1. The number of ether oxygens (including phenoxy) is 2. The number of primary amides is 1. The summed E-state index contributed by atoms with van der Waals surface area (Å²) in [5.74, 6) is -2.34. The number of benzene rings is 3. The third-order valence-corrected chi connectivity index (χ3v) is 10.6. The molecule has 0 bridgehead atoms. The molecule has 0 radical (unpaired) electrons. The maximum Gasteiger partial charge on any atom is 0.408 e. The molecule has 0 saturated heterocycles. The molecule has 0 spiro atoms. The number of hydrogen-bond donors (Lipinski definition) is 7. The van der Waals surface area contributed by atoms with Gasteiger partial charge in [-0.25, -0.2) is 9.59 Å². The monoisotopic (exact) mass is 923 g/mol. The first kappa shape index (κ1) is 50.6. The number of nitrogens with one attached hydrogen (secondary N) is 6. The van der Waals surface area contributed by atoms with Crippen LogP contribution in [-0.4, -0.2) is 106 Å². The van der Waals surface area contributed by atoms with Gasteiger partial charge in [0, 0.05) is 35.8 Å². The van der Waals surface area contributed by atoms with Crippen LogP contribution in [0.25, 0.3) is 22.5 Å². The minimum Gasteiger partial charge on any atom is -0.444 e. The first-order chi connectivity index (χ1) is 31.6. The fourth-order valence-corrected chi connectivity index (χ4v) is 7.36. The van der Waals surface area contributed by atoms with Crippen LogP contribution in [0.3, 0.4) is 0 Å². The van der Waals surface area contributed by atoms with E-state index in [1.807, 2.05) is 31.2 Å². The molecule has 0 unspecified atom stereocenters. The zero-order valence-electron chi connectivity index (χ0n) is 39.0. The zero-order valence-corrected chi connectivity index (χ0v) is 39.0. The number of carbonyl (C=O) groups excluding carboxylic acids is 7. The van der Waals surface area contributed by atoms with E-state index in [1.54, 1.807) is 84.0 Å². The van der Waals surface area contributed by atoms with Gasteiger partial charge in [0.1, 0.15) is 30.3 Å². The first-order valence-corrected chi connectivity index (χ1v) is 22.1. The smallest absolute Gasteiger partial charge is 0.408 e. The van der Waals surface area contributed by atoms with Gasteiger partial charge in [0.2, 0.25) is 35.4 Å². The molecule has 4 aromatic rings. The maximum atomic E-state index is 13.9. The van der Waals surface area contributed by atoms with Crippen LogP contribution in [0.2, 0.25) is 0 Å². The molecular weight excluding hydrogens is 863 g/mol. The number of aromatic nitrogens is 4. The number of anilines is 2. The SMILES string of the molecule is Cc1cc(N(CC(N)=O)C(=O)CNC(=O)CNC(=O)OC(C)(C)C)ccc1-c1ccc(C[C@H](NC(=O)[C@H]2CC[C@H](CNC(=O)OC(C)(C)C)CC2)C(=O)Nc2ccc(-c3nn[nH]n3)cc2)cc1. The quantitative estimate of drug-likeness (QED) is 0.0781. The Labute approximate surface area is 389 Å². The highest BCUT2D eigenvalue weighted by molar-refractivity contribution is 6.01. The summed E-state index contributed by atoms with van der Waals surface area (Å²) in [6.45, 7) is 11.4. The summed E-state index contributed by atoms with van der Waals surface area (Å²) in [4.78, 5) is 90.7. The van der Waals surface area contributed by atoms with Gasteiger partial charge in [0.25, 0.3) is 0 Å². The topological polar surface area (TPSA) is 282 Å². The summed E-state index contributed by atoms with van der Waals surface area (Å²) < 4.78 is 10.5. The number of tetrazole rings is 1. The minimum absolute atomic E-state index is 0.184. The highest BCUT2D eigenvalue weighted by atomic mass is 16.6. The van der Waals surface area contributed by atoms with Gasteiger partial charge in [-0.3, -0.25) is 24.0 Å². The predicted octanol–water partition coefficient (Wildman–Crippen LogP) is 4.30. The van der Waals surface area contributed by atoms with Crippen LogP contribution in [0.5, 0.6) is 0 Å². The normalized spacial score (nSPS) is 15.3. The molecular formula is C47H61N11O9. The Morgan fingerprint density at radius 1 is 0.791 bits per heavy atom.